The number of likely N-dealkylation sites (N-methyl/N-ethyl adjacent to an activating group) is 1. The van der Waals surface area contributed by atoms with E-state index in [1.54, 1.807) is 42.3 Å². The number of halogens is 1. The molecular weight excluding hydrogens is 389 g/mol. The quantitative estimate of drug-likeness (QED) is 0.535. The van der Waals surface area contributed by atoms with Gasteiger partial charge in [-0.2, -0.15) is 0 Å². The molecule has 158 valence electrons. The minimum atomic E-state index is -0.749. The molecule has 1 aliphatic heterocycles. The first-order valence-electron chi connectivity index (χ1n) is 9.45. The molecule has 0 saturated heterocycles. The predicted octanol–water partition coefficient (Wildman–Crippen LogP) is 3.32. The first-order valence-corrected chi connectivity index (χ1v) is 9.45. The zero-order valence-corrected chi connectivity index (χ0v) is 17.3. The van der Waals surface area contributed by atoms with E-state index in [1.807, 2.05) is 0 Å². The lowest BCUT2D eigenvalue weighted by molar-refractivity contribution is -0.125. The largest absolute Gasteiger partial charge is 0.499 e. The Hall–Kier alpha value is -3.03. The van der Waals surface area contributed by atoms with Gasteiger partial charge in [0.1, 0.15) is 29.2 Å². The molecule has 2 aromatic rings. The Kier molecular flexibility index (Phi) is 6.64. The molecule has 7 heteroatoms. The molecule has 2 aromatic carbocycles. The van der Waals surface area contributed by atoms with E-state index in [9.17, 15) is 14.0 Å². The highest BCUT2D eigenvalue weighted by molar-refractivity contribution is 5.98. The zero-order valence-electron chi connectivity index (χ0n) is 17.3. The van der Waals surface area contributed by atoms with Crippen LogP contribution in [0.2, 0.25) is 0 Å². The lowest BCUT2D eigenvalue weighted by atomic mass is 9.86. The van der Waals surface area contributed by atoms with Crippen LogP contribution in [0.4, 0.5) is 4.39 Å². The number of nitrogens with zero attached hydrogens (tertiary/aromatic N) is 1. The Balaban J connectivity index is 2.13. The Labute approximate surface area is 174 Å². The fraction of sp³-hybridized carbons (Fsp3) is 0.304. The first-order chi connectivity index (χ1) is 14.4. The molecule has 1 aliphatic rings. The summed E-state index contributed by atoms with van der Waals surface area (Å²) in [7, 11) is 4.74. The SMILES string of the molecule is COC1=C(c2cc(F)ccc2C(=O)Oc2ccccc2)C(OC)C(C(C)=O)N(C)C1. The van der Waals surface area contributed by atoms with Crippen LogP contribution in [0.5, 0.6) is 5.75 Å². The van der Waals surface area contributed by atoms with Gasteiger partial charge in [0, 0.05) is 18.2 Å². The standard InChI is InChI=1S/C23H24FNO5/c1-14(26)21-22(29-4)20(19(28-3)13-25(21)2)18-12-15(24)10-11-17(18)23(27)30-16-8-6-5-7-9-16/h5-12,21-22H,13H2,1-4H3. The number of methoxy groups -OCH3 is 2. The monoisotopic (exact) mass is 413 g/mol. The first kappa shape index (κ1) is 21.7. The molecule has 0 aromatic heterocycles. The minimum absolute atomic E-state index is 0.109. The van der Waals surface area contributed by atoms with Gasteiger partial charge in [-0.25, -0.2) is 9.18 Å². The number of carbonyl (C=O) groups is 2. The number of rotatable bonds is 6. The van der Waals surface area contributed by atoms with E-state index in [-0.39, 0.29) is 16.9 Å². The van der Waals surface area contributed by atoms with E-state index in [0.717, 1.165) is 0 Å². The number of para-hydroxylation sites is 1. The molecule has 0 fully saturated rings. The maximum Gasteiger partial charge on any atom is 0.344 e. The van der Waals surface area contributed by atoms with Gasteiger partial charge in [-0.05, 0) is 44.3 Å². The molecular formula is C23H24FNO5. The molecule has 0 saturated carbocycles. The number of Topliss-reactive ketones (excluding diaryl/α,β-unsaturated/α-hetero) is 1. The Morgan fingerprint density at radius 3 is 2.40 bits per heavy atom. The van der Waals surface area contributed by atoms with Crippen LogP contribution in [0.1, 0.15) is 22.8 Å². The maximum atomic E-state index is 14.3. The van der Waals surface area contributed by atoms with Crippen LogP contribution in [0.25, 0.3) is 5.57 Å². The van der Waals surface area contributed by atoms with Gasteiger partial charge in [0.15, 0.2) is 0 Å². The summed E-state index contributed by atoms with van der Waals surface area (Å²) >= 11 is 0. The Morgan fingerprint density at radius 2 is 1.80 bits per heavy atom. The summed E-state index contributed by atoms with van der Waals surface area (Å²) in [5, 5.41) is 0. The molecule has 0 amide bonds. The highest BCUT2D eigenvalue weighted by atomic mass is 19.1. The molecule has 30 heavy (non-hydrogen) atoms. The molecule has 3 rings (SSSR count). The normalized spacial score (nSPS) is 19.5. The van der Waals surface area contributed by atoms with Crippen molar-refractivity contribution in [3.05, 3.63) is 71.2 Å². The fourth-order valence-electron chi connectivity index (χ4n) is 3.77. The lowest BCUT2D eigenvalue weighted by Gasteiger charge is -2.39. The van der Waals surface area contributed by atoms with Gasteiger partial charge in [0.05, 0.1) is 25.3 Å². The van der Waals surface area contributed by atoms with Gasteiger partial charge in [0.2, 0.25) is 0 Å². The molecule has 0 spiro atoms. The Morgan fingerprint density at radius 1 is 1.10 bits per heavy atom. The third-order valence-corrected chi connectivity index (χ3v) is 5.10. The van der Waals surface area contributed by atoms with Gasteiger partial charge in [-0.15, -0.1) is 0 Å². The number of hydrogen-bond donors (Lipinski definition) is 0. The second kappa shape index (κ2) is 9.19. The molecule has 6 nitrogen and oxygen atoms in total. The summed E-state index contributed by atoms with van der Waals surface area (Å²) in [5.74, 6) is -0.431. The van der Waals surface area contributed by atoms with Crippen LogP contribution < -0.4 is 4.74 Å². The number of benzene rings is 2. The van der Waals surface area contributed by atoms with Crippen LogP contribution in [-0.4, -0.2) is 56.6 Å². The van der Waals surface area contributed by atoms with E-state index >= 15 is 0 Å². The zero-order chi connectivity index (χ0) is 21.8. The summed E-state index contributed by atoms with van der Waals surface area (Å²) in [6, 6.07) is 11.8. The second-order valence-electron chi connectivity index (χ2n) is 7.06. The highest BCUT2D eigenvalue weighted by Gasteiger charge is 2.40. The second-order valence-corrected chi connectivity index (χ2v) is 7.06. The fourth-order valence-corrected chi connectivity index (χ4v) is 3.77. The smallest absolute Gasteiger partial charge is 0.344 e. The van der Waals surface area contributed by atoms with Crippen molar-refractivity contribution in [2.45, 2.75) is 19.1 Å². The van der Waals surface area contributed by atoms with Crippen molar-refractivity contribution in [2.75, 3.05) is 27.8 Å². The molecule has 2 unspecified atom stereocenters. The lowest BCUT2D eigenvalue weighted by Crippen LogP contribution is -2.52. The number of ether oxygens (including phenoxy) is 3. The number of ketones is 1. The van der Waals surface area contributed by atoms with E-state index < -0.39 is 23.9 Å². The van der Waals surface area contributed by atoms with Crippen molar-refractivity contribution < 1.29 is 28.2 Å². The molecule has 0 bridgehead atoms. The average Bonchev–Trinajstić information content (AvgIpc) is 2.72. The summed E-state index contributed by atoms with van der Waals surface area (Å²) in [5.41, 5.74) is 0.885. The minimum Gasteiger partial charge on any atom is -0.499 e. The van der Waals surface area contributed by atoms with Crippen molar-refractivity contribution in [2.24, 2.45) is 0 Å². The number of hydrogen-bond acceptors (Lipinski definition) is 6. The average molecular weight is 413 g/mol. The van der Waals surface area contributed by atoms with E-state index in [2.05, 4.69) is 0 Å². The van der Waals surface area contributed by atoms with Gasteiger partial charge >= 0.3 is 5.97 Å². The van der Waals surface area contributed by atoms with Crippen molar-refractivity contribution in [1.82, 2.24) is 4.90 Å². The van der Waals surface area contributed by atoms with Crippen LogP contribution in [0.15, 0.2) is 54.3 Å². The van der Waals surface area contributed by atoms with Crippen LogP contribution >= 0.6 is 0 Å². The van der Waals surface area contributed by atoms with E-state index in [4.69, 9.17) is 14.2 Å². The van der Waals surface area contributed by atoms with Crippen molar-refractivity contribution in [3.63, 3.8) is 0 Å². The number of esters is 1. The van der Waals surface area contributed by atoms with Gasteiger partial charge in [-0.1, -0.05) is 18.2 Å². The van der Waals surface area contributed by atoms with Crippen molar-refractivity contribution in [1.29, 1.82) is 0 Å². The van der Waals surface area contributed by atoms with Gasteiger partial charge < -0.3 is 14.2 Å². The van der Waals surface area contributed by atoms with Crippen LogP contribution in [0.3, 0.4) is 0 Å². The third kappa shape index (κ3) is 4.27. The van der Waals surface area contributed by atoms with Gasteiger partial charge in [-0.3, -0.25) is 9.69 Å². The maximum absolute atomic E-state index is 14.3. The van der Waals surface area contributed by atoms with Crippen molar-refractivity contribution >= 4 is 17.3 Å². The summed E-state index contributed by atoms with van der Waals surface area (Å²) < 4.78 is 30.9. The topological polar surface area (TPSA) is 65.1 Å². The molecule has 0 radical (unpaired) electrons. The molecule has 1 heterocycles. The Bertz CT molecular complexity index is 973. The number of carbonyl (C=O) groups excluding carboxylic acids is 2. The molecule has 2 atom stereocenters. The van der Waals surface area contributed by atoms with Crippen LogP contribution in [-0.2, 0) is 14.3 Å². The summed E-state index contributed by atoms with van der Waals surface area (Å²) in [6.45, 7) is 1.78. The van der Waals surface area contributed by atoms with Gasteiger partial charge in [0.25, 0.3) is 0 Å². The van der Waals surface area contributed by atoms with E-state index in [1.165, 1.54) is 39.3 Å². The van der Waals surface area contributed by atoms with Crippen molar-refractivity contribution in [3.8, 4) is 5.75 Å². The molecule has 0 N–H and O–H groups in total. The van der Waals surface area contributed by atoms with Crippen LogP contribution in [0, 0.1) is 5.82 Å². The third-order valence-electron chi connectivity index (χ3n) is 5.10. The molecule has 0 aliphatic carbocycles. The predicted molar refractivity (Wildman–Crippen MR) is 110 cm³/mol. The van der Waals surface area contributed by atoms with E-state index in [0.29, 0.717) is 23.6 Å². The summed E-state index contributed by atoms with van der Waals surface area (Å²) in [6.07, 6.45) is -0.749. The highest BCUT2D eigenvalue weighted by Crippen LogP contribution is 2.36. The summed E-state index contributed by atoms with van der Waals surface area (Å²) in [4.78, 5) is 27.1.